The van der Waals surface area contributed by atoms with Crippen LogP contribution in [0.15, 0.2) is 23.1 Å². The van der Waals surface area contributed by atoms with Crippen LogP contribution < -0.4 is 0 Å². The van der Waals surface area contributed by atoms with E-state index in [9.17, 15) is 13.2 Å². The molecule has 1 aromatic rings. The Morgan fingerprint density at radius 2 is 2.00 bits per heavy atom. The lowest BCUT2D eigenvalue weighted by molar-refractivity contribution is 0.0986. The number of hydrogen-bond acceptors (Lipinski definition) is 3. The predicted molar refractivity (Wildman–Crippen MR) is 64.0 cm³/mol. The summed E-state index contributed by atoms with van der Waals surface area (Å²) in [6, 6.07) is 4.73. The van der Waals surface area contributed by atoms with Gasteiger partial charge in [0.1, 0.15) is 0 Å². The van der Waals surface area contributed by atoms with Gasteiger partial charge in [0.15, 0.2) is 15.6 Å². The fourth-order valence-electron chi connectivity index (χ4n) is 1.41. The van der Waals surface area contributed by atoms with E-state index < -0.39 is 9.84 Å². The second kappa shape index (κ2) is 4.97. The molecule has 0 amide bonds. The van der Waals surface area contributed by atoms with Gasteiger partial charge in [-0.3, -0.25) is 4.79 Å². The number of Topliss-reactive ketones (excluding diaryl/α,β-unsaturated/α-hetero) is 1. The Kier molecular flexibility index (Phi) is 4.10. The molecule has 0 radical (unpaired) electrons. The quantitative estimate of drug-likeness (QED) is 0.616. The van der Waals surface area contributed by atoms with Crippen molar-refractivity contribution in [1.82, 2.24) is 0 Å². The summed E-state index contributed by atoms with van der Waals surface area (Å²) in [5, 5.41) is 0. The van der Waals surface area contributed by atoms with E-state index >= 15 is 0 Å². The first-order valence-electron chi connectivity index (χ1n) is 4.76. The highest BCUT2D eigenvalue weighted by molar-refractivity contribution is 7.90. The van der Waals surface area contributed by atoms with Gasteiger partial charge in [-0.25, -0.2) is 8.42 Å². The normalized spacial score (nSPS) is 11.4. The molecule has 0 N–H and O–H groups in total. The van der Waals surface area contributed by atoms with Gasteiger partial charge in [0.2, 0.25) is 0 Å². The smallest absolute Gasteiger partial charge is 0.176 e. The third kappa shape index (κ3) is 3.06. The second-order valence-electron chi connectivity index (χ2n) is 3.63. The number of alkyl halides is 1. The molecule has 0 spiro atoms. The van der Waals surface area contributed by atoms with Gasteiger partial charge in [-0.15, -0.1) is 11.6 Å². The standard InChI is InChI=1S/C11H13ClO3S/c1-8-3-4-11(16(2,14)15)9(7-8)10(13)5-6-12/h3-4,7H,5-6H2,1-2H3. The maximum Gasteiger partial charge on any atom is 0.176 e. The summed E-state index contributed by atoms with van der Waals surface area (Å²) in [7, 11) is -3.38. The van der Waals surface area contributed by atoms with Crippen LogP contribution in [0.25, 0.3) is 0 Å². The zero-order valence-electron chi connectivity index (χ0n) is 9.16. The van der Waals surface area contributed by atoms with Crippen LogP contribution >= 0.6 is 11.6 Å². The van der Waals surface area contributed by atoms with E-state index in [0.29, 0.717) is 0 Å². The lowest BCUT2D eigenvalue weighted by Crippen LogP contribution is -2.09. The third-order valence-corrected chi connectivity index (χ3v) is 3.50. The summed E-state index contributed by atoms with van der Waals surface area (Å²) in [5.41, 5.74) is 1.09. The summed E-state index contributed by atoms with van der Waals surface area (Å²) in [5.74, 6) is -0.0465. The van der Waals surface area contributed by atoms with E-state index in [2.05, 4.69) is 0 Å². The van der Waals surface area contributed by atoms with Crippen LogP contribution in [0.5, 0.6) is 0 Å². The average molecular weight is 261 g/mol. The Morgan fingerprint density at radius 1 is 1.38 bits per heavy atom. The molecule has 88 valence electrons. The lowest BCUT2D eigenvalue weighted by Gasteiger charge is -2.07. The number of ketones is 1. The molecule has 0 heterocycles. The molecule has 16 heavy (non-hydrogen) atoms. The largest absolute Gasteiger partial charge is 0.294 e. The Hall–Kier alpha value is -0.870. The fourth-order valence-corrected chi connectivity index (χ4v) is 2.46. The SMILES string of the molecule is Cc1ccc(S(C)(=O)=O)c(C(=O)CCCl)c1. The zero-order valence-corrected chi connectivity index (χ0v) is 10.7. The number of carbonyl (C=O) groups excluding carboxylic acids is 1. The van der Waals surface area contributed by atoms with Crippen LogP contribution in [-0.2, 0) is 9.84 Å². The van der Waals surface area contributed by atoms with Gasteiger partial charge in [-0.05, 0) is 19.1 Å². The minimum absolute atomic E-state index is 0.0771. The molecule has 1 rings (SSSR count). The molecule has 0 aliphatic rings. The molecule has 0 saturated heterocycles. The molecule has 0 saturated carbocycles. The lowest BCUT2D eigenvalue weighted by atomic mass is 10.1. The Morgan fingerprint density at radius 3 is 2.50 bits per heavy atom. The van der Waals surface area contributed by atoms with Crippen molar-refractivity contribution in [3.05, 3.63) is 29.3 Å². The summed E-state index contributed by atoms with van der Waals surface area (Å²) >= 11 is 5.48. The monoisotopic (exact) mass is 260 g/mol. The van der Waals surface area contributed by atoms with Gasteiger partial charge < -0.3 is 0 Å². The Bertz CT molecular complexity index is 506. The van der Waals surface area contributed by atoms with Crippen LogP contribution in [0.1, 0.15) is 22.3 Å². The van der Waals surface area contributed by atoms with Crippen LogP contribution in [-0.4, -0.2) is 26.3 Å². The number of benzene rings is 1. The molecule has 0 bridgehead atoms. The minimum atomic E-state index is -3.38. The second-order valence-corrected chi connectivity index (χ2v) is 6.00. The molecule has 0 aliphatic carbocycles. The van der Waals surface area contributed by atoms with Crippen molar-refractivity contribution in [3.63, 3.8) is 0 Å². The molecule has 0 unspecified atom stereocenters. The van der Waals surface area contributed by atoms with E-state index in [1.807, 2.05) is 6.92 Å². The van der Waals surface area contributed by atoms with E-state index in [0.717, 1.165) is 11.8 Å². The molecule has 3 nitrogen and oxygen atoms in total. The molecule has 0 aromatic heterocycles. The van der Waals surface area contributed by atoms with Crippen LogP contribution in [0.3, 0.4) is 0 Å². The maximum absolute atomic E-state index is 11.7. The number of aryl methyl sites for hydroxylation is 1. The molecule has 0 aliphatic heterocycles. The van der Waals surface area contributed by atoms with E-state index in [4.69, 9.17) is 11.6 Å². The van der Waals surface area contributed by atoms with Crippen LogP contribution in [0.2, 0.25) is 0 Å². The summed E-state index contributed by atoms with van der Waals surface area (Å²) in [6.45, 7) is 1.81. The van der Waals surface area contributed by atoms with Crippen molar-refractivity contribution in [1.29, 1.82) is 0 Å². The van der Waals surface area contributed by atoms with Crippen LogP contribution in [0.4, 0.5) is 0 Å². The first kappa shape index (κ1) is 13.2. The Balaban J connectivity index is 3.35. The van der Waals surface area contributed by atoms with Crippen molar-refractivity contribution in [2.75, 3.05) is 12.1 Å². The van der Waals surface area contributed by atoms with Gasteiger partial charge in [-0.2, -0.15) is 0 Å². The summed E-state index contributed by atoms with van der Waals surface area (Å²) in [4.78, 5) is 11.8. The van der Waals surface area contributed by atoms with Gasteiger partial charge >= 0.3 is 0 Å². The van der Waals surface area contributed by atoms with Gasteiger partial charge in [-0.1, -0.05) is 11.6 Å². The first-order valence-corrected chi connectivity index (χ1v) is 7.18. The highest BCUT2D eigenvalue weighted by Crippen LogP contribution is 2.19. The molecular weight excluding hydrogens is 248 g/mol. The molecule has 0 fully saturated rings. The highest BCUT2D eigenvalue weighted by atomic mass is 35.5. The van der Waals surface area contributed by atoms with Gasteiger partial charge in [0.25, 0.3) is 0 Å². The number of halogens is 1. The molecular formula is C11H13ClO3S. The number of sulfone groups is 1. The molecule has 5 heteroatoms. The van der Waals surface area contributed by atoms with Crippen molar-refractivity contribution < 1.29 is 13.2 Å². The van der Waals surface area contributed by atoms with Gasteiger partial charge in [0, 0.05) is 24.1 Å². The number of hydrogen-bond donors (Lipinski definition) is 0. The number of carbonyl (C=O) groups is 1. The highest BCUT2D eigenvalue weighted by Gasteiger charge is 2.18. The number of rotatable bonds is 4. The fraction of sp³-hybridized carbons (Fsp3) is 0.364. The zero-order chi connectivity index (χ0) is 12.3. The molecule has 0 atom stereocenters. The first-order chi connectivity index (χ1) is 7.36. The molecule has 1 aromatic carbocycles. The third-order valence-electron chi connectivity index (χ3n) is 2.16. The minimum Gasteiger partial charge on any atom is -0.294 e. The average Bonchev–Trinajstić information content (AvgIpc) is 2.16. The van der Waals surface area contributed by atoms with Crippen molar-refractivity contribution in [3.8, 4) is 0 Å². The Labute approximate surface area is 100 Å². The van der Waals surface area contributed by atoms with Crippen molar-refractivity contribution >= 4 is 27.2 Å². The topological polar surface area (TPSA) is 51.2 Å². The van der Waals surface area contributed by atoms with E-state index in [1.54, 1.807) is 12.1 Å². The predicted octanol–water partition coefficient (Wildman–Crippen LogP) is 2.21. The summed E-state index contributed by atoms with van der Waals surface area (Å²) in [6.07, 6.45) is 1.24. The van der Waals surface area contributed by atoms with Gasteiger partial charge in [0.05, 0.1) is 4.90 Å². The summed E-state index contributed by atoms with van der Waals surface area (Å²) < 4.78 is 23.0. The van der Waals surface area contributed by atoms with Crippen molar-refractivity contribution in [2.45, 2.75) is 18.2 Å². The van der Waals surface area contributed by atoms with Crippen LogP contribution in [0, 0.1) is 6.92 Å². The van der Waals surface area contributed by atoms with E-state index in [-0.39, 0.29) is 28.5 Å². The van der Waals surface area contributed by atoms with Crippen molar-refractivity contribution in [2.24, 2.45) is 0 Å². The van der Waals surface area contributed by atoms with E-state index in [1.165, 1.54) is 6.07 Å². The maximum atomic E-state index is 11.7.